The molecule has 1 amide bonds. The Morgan fingerprint density at radius 1 is 1.22 bits per heavy atom. The Bertz CT molecular complexity index is 530. The highest BCUT2D eigenvalue weighted by Crippen LogP contribution is 2.07. The van der Waals surface area contributed by atoms with Gasteiger partial charge >= 0.3 is 6.09 Å². The molecule has 0 aromatic heterocycles. The van der Waals surface area contributed by atoms with Crippen LogP contribution in [0.1, 0.15) is 31.9 Å². The molecular formula is C16H25N5O2. The van der Waals surface area contributed by atoms with E-state index in [0.717, 1.165) is 24.1 Å². The molecule has 0 saturated carbocycles. The number of hydrogen-bond acceptors (Lipinski definition) is 4. The van der Waals surface area contributed by atoms with Gasteiger partial charge in [0.25, 0.3) is 0 Å². The van der Waals surface area contributed by atoms with Gasteiger partial charge in [0, 0.05) is 31.1 Å². The zero-order valence-corrected chi connectivity index (χ0v) is 14.0. The number of ether oxygens (including phenoxy) is 1. The molecule has 0 aliphatic carbocycles. The maximum Gasteiger partial charge on any atom is 0.407 e. The van der Waals surface area contributed by atoms with Crippen LogP contribution in [0.4, 0.5) is 4.79 Å². The Morgan fingerprint density at radius 3 is 2.48 bits per heavy atom. The molecule has 0 aliphatic rings. The van der Waals surface area contributed by atoms with Crippen LogP contribution >= 0.6 is 0 Å². The van der Waals surface area contributed by atoms with Crippen molar-refractivity contribution in [3.05, 3.63) is 45.8 Å². The number of alkyl carbamates (subject to hydrolysis) is 1. The first-order valence-corrected chi connectivity index (χ1v) is 7.67. The molecule has 0 aliphatic heterocycles. The summed E-state index contributed by atoms with van der Waals surface area (Å²) in [6.45, 7) is 7.90. The molecular weight excluding hydrogens is 294 g/mol. The van der Waals surface area contributed by atoms with Crippen LogP contribution in [0.5, 0.6) is 0 Å². The van der Waals surface area contributed by atoms with Crippen molar-refractivity contribution < 1.29 is 9.53 Å². The van der Waals surface area contributed by atoms with Gasteiger partial charge in [-0.25, -0.2) is 4.79 Å². The largest absolute Gasteiger partial charge is 0.444 e. The van der Waals surface area contributed by atoms with Crippen molar-refractivity contribution in [1.82, 2.24) is 10.6 Å². The van der Waals surface area contributed by atoms with E-state index in [-0.39, 0.29) is 0 Å². The van der Waals surface area contributed by atoms with E-state index in [1.165, 1.54) is 0 Å². The lowest BCUT2D eigenvalue weighted by molar-refractivity contribution is 0.0528. The minimum absolute atomic E-state index is 0.390. The fourth-order valence-corrected chi connectivity index (χ4v) is 1.85. The van der Waals surface area contributed by atoms with Crippen molar-refractivity contribution in [3.63, 3.8) is 0 Å². The molecule has 1 aromatic carbocycles. The molecule has 7 nitrogen and oxygen atoms in total. The smallest absolute Gasteiger partial charge is 0.407 e. The van der Waals surface area contributed by atoms with Crippen LogP contribution in [0.15, 0.2) is 29.4 Å². The zero-order valence-electron chi connectivity index (χ0n) is 14.0. The van der Waals surface area contributed by atoms with Crippen LogP contribution in [-0.2, 0) is 17.7 Å². The zero-order chi connectivity index (χ0) is 17.1. The van der Waals surface area contributed by atoms with Crippen molar-refractivity contribution in [2.75, 3.05) is 19.6 Å². The third kappa shape index (κ3) is 9.39. The Hall–Kier alpha value is -2.24. The predicted octanol–water partition coefficient (Wildman–Crippen LogP) is 3.15. The molecule has 0 fully saturated rings. The van der Waals surface area contributed by atoms with E-state index < -0.39 is 11.7 Å². The van der Waals surface area contributed by atoms with Gasteiger partial charge in [-0.3, -0.25) is 0 Å². The second-order valence-electron chi connectivity index (χ2n) is 6.13. The quantitative estimate of drug-likeness (QED) is 0.333. The summed E-state index contributed by atoms with van der Waals surface area (Å²) in [4.78, 5) is 14.2. The Balaban J connectivity index is 2.26. The monoisotopic (exact) mass is 319 g/mol. The van der Waals surface area contributed by atoms with Crippen LogP contribution in [0.25, 0.3) is 10.4 Å². The molecule has 126 valence electrons. The van der Waals surface area contributed by atoms with Crippen molar-refractivity contribution in [2.45, 2.75) is 39.3 Å². The van der Waals surface area contributed by atoms with E-state index in [1.807, 2.05) is 45.0 Å². The molecule has 23 heavy (non-hydrogen) atoms. The van der Waals surface area contributed by atoms with Crippen molar-refractivity contribution in [1.29, 1.82) is 0 Å². The lowest BCUT2D eigenvalue weighted by Crippen LogP contribution is -2.33. The fourth-order valence-electron chi connectivity index (χ4n) is 1.85. The number of rotatable bonds is 8. The van der Waals surface area contributed by atoms with Gasteiger partial charge in [-0.1, -0.05) is 29.4 Å². The fraction of sp³-hybridized carbons (Fsp3) is 0.562. The molecule has 0 spiro atoms. The number of nitrogens with one attached hydrogen (secondary N) is 2. The molecule has 0 bridgehead atoms. The van der Waals surface area contributed by atoms with Gasteiger partial charge < -0.3 is 15.4 Å². The van der Waals surface area contributed by atoms with Gasteiger partial charge in [0.2, 0.25) is 0 Å². The Kier molecular flexibility index (Phi) is 7.94. The summed E-state index contributed by atoms with van der Waals surface area (Å²) in [5.74, 6) is 0. The van der Waals surface area contributed by atoms with Gasteiger partial charge in [-0.15, -0.1) is 0 Å². The molecule has 0 heterocycles. The van der Waals surface area contributed by atoms with Crippen molar-refractivity contribution >= 4 is 6.09 Å². The first-order chi connectivity index (χ1) is 10.9. The van der Waals surface area contributed by atoms with Crippen LogP contribution in [0, 0.1) is 0 Å². The molecule has 7 heteroatoms. The number of carbonyl (C=O) groups excluding carboxylic acids is 1. The standard InChI is InChI=1S/C16H25N5O2/c1-16(2,3)23-15(22)19-9-8-13-4-6-14(7-5-13)12-18-10-11-20-21-17/h4-7,18H,8-12H2,1-3H3,(H,19,22). The first-order valence-electron chi connectivity index (χ1n) is 7.67. The SMILES string of the molecule is CC(C)(C)OC(=O)NCCc1ccc(CNCCN=[N+]=[N-])cc1. The van der Waals surface area contributed by atoms with Gasteiger partial charge in [-0.05, 0) is 43.9 Å². The second-order valence-corrected chi connectivity index (χ2v) is 6.13. The van der Waals surface area contributed by atoms with E-state index >= 15 is 0 Å². The molecule has 1 aromatic rings. The third-order valence-electron chi connectivity index (χ3n) is 2.89. The summed E-state index contributed by atoms with van der Waals surface area (Å²) in [6.07, 6.45) is 0.363. The highest BCUT2D eigenvalue weighted by molar-refractivity contribution is 5.67. The summed E-state index contributed by atoms with van der Waals surface area (Å²) in [5, 5.41) is 9.40. The lowest BCUT2D eigenvalue weighted by Gasteiger charge is -2.19. The van der Waals surface area contributed by atoms with Crippen molar-refractivity contribution in [2.24, 2.45) is 5.11 Å². The van der Waals surface area contributed by atoms with E-state index in [2.05, 4.69) is 20.7 Å². The maximum atomic E-state index is 11.5. The van der Waals surface area contributed by atoms with E-state index in [9.17, 15) is 4.79 Å². The topological polar surface area (TPSA) is 99.1 Å². The second kappa shape index (κ2) is 9.71. The Labute approximate surface area is 137 Å². The number of amides is 1. The minimum Gasteiger partial charge on any atom is -0.444 e. The summed E-state index contributed by atoms with van der Waals surface area (Å²) < 4.78 is 5.18. The number of nitrogens with zero attached hydrogens (tertiary/aromatic N) is 3. The minimum atomic E-state index is -0.475. The number of hydrogen-bond donors (Lipinski definition) is 2. The van der Waals surface area contributed by atoms with Gasteiger partial charge in [0.1, 0.15) is 5.60 Å². The molecule has 0 atom stereocenters. The van der Waals surface area contributed by atoms with Crippen LogP contribution in [0.3, 0.4) is 0 Å². The summed E-state index contributed by atoms with van der Waals surface area (Å²) in [7, 11) is 0. The van der Waals surface area contributed by atoms with Gasteiger partial charge in [0.15, 0.2) is 0 Å². The summed E-state index contributed by atoms with van der Waals surface area (Å²) >= 11 is 0. The number of benzene rings is 1. The van der Waals surface area contributed by atoms with E-state index in [1.54, 1.807) is 0 Å². The lowest BCUT2D eigenvalue weighted by atomic mass is 10.1. The first kappa shape index (κ1) is 18.8. The molecule has 1 rings (SSSR count). The molecule has 2 N–H and O–H groups in total. The van der Waals surface area contributed by atoms with Crippen LogP contribution in [0.2, 0.25) is 0 Å². The summed E-state index contributed by atoms with van der Waals surface area (Å²) in [5.41, 5.74) is 10.0. The normalized spacial score (nSPS) is 10.7. The average molecular weight is 319 g/mol. The van der Waals surface area contributed by atoms with E-state index in [4.69, 9.17) is 10.3 Å². The summed E-state index contributed by atoms with van der Waals surface area (Å²) in [6, 6.07) is 8.18. The predicted molar refractivity (Wildman–Crippen MR) is 90.1 cm³/mol. The number of azide groups is 1. The van der Waals surface area contributed by atoms with Gasteiger partial charge in [-0.2, -0.15) is 0 Å². The van der Waals surface area contributed by atoms with Crippen LogP contribution in [-0.4, -0.2) is 31.3 Å². The number of carbonyl (C=O) groups is 1. The highest BCUT2D eigenvalue weighted by atomic mass is 16.6. The maximum absolute atomic E-state index is 11.5. The molecule has 0 saturated heterocycles. The van der Waals surface area contributed by atoms with Gasteiger partial charge in [0.05, 0.1) is 0 Å². The third-order valence-corrected chi connectivity index (χ3v) is 2.89. The molecule has 0 unspecified atom stereocenters. The Morgan fingerprint density at radius 2 is 1.87 bits per heavy atom. The molecule has 0 radical (unpaired) electrons. The highest BCUT2D eigenvalue weighted by Gasteiger charge is 2.15. The average Bonchev–Trinajstić information content (AvgIpc) is 2.47. The van der Waals surface area contributed by atoms with E-state index in [0.29, 0.717) is 19.6 Å². The van der Waals surface area contributed by atoms with Crippen LogP contribution < -0.4 is 10.6 Å². The van der Waals surface area contributed by atoms with Crippen molar-refractivity contribution in [3.8, 4) is 0 Å².